The fourth-order valence-electron chi connectivity index (χ4n) is 2.34. The number of hydrogen-bond donors (Lipinski definition) is 1. The monoisotopic (exact) mass is 212 g/mol. The van der Waals surface area contributed by atoms with Gasteiger partial charge in [-0.3, -0.25) is 0 Å². The number of aliphatic hydroxyl groups excluding tert-OH is 1. The molecule has 0 amide bonds. The predicted octanol–water partition coefficient (Wildman–Crippen LogP) is 1.86. The first-order valence-electron chi connectivity index (χ1n) is 5.92. The Kier molecular flexibility index (Phi) is 3.65. The fourth-order valence-corrected chi connectivity index (χ4v) is 2.34. The van der Waals surface area contributed by atoms with E-state index in [2.05, 4.69) is 0 Å². The van der Waals surface area contributed by atoms with Crippen LogP contribution in [0.1, 0.15) is 32.6 Å². The Morgan fingerprint density at radius 3 is 3.00 bits per heavy atom. The van der Waals surface area contributed by atoms with Crippen molar-refractivity contribution in [2.24, 2.45) is 5.92 Å². The summed E-state index contributed by atoms with van der Waals surface area (Å²) in [5, 5.41) is 9.87. The van der Waals surface area contributed by atoms with Crippen LogP contribution in [0.25, 0.3) is 0 Å². The minimum Gasteiger partial charge on any atom is -0.495 e. The van der Waals surface area contributed by atoms with Crippen LogP contribution in [0, 0.1) is 5.92 Å². The van der Waals surface area contributed by atoms with Gasteiger partial charge in [0.05, 0.1) is 12.7 Å². The van der Waals surface area contributed by atoms with E-state index in [9.17, 15) is 5.11 Å². The van der Waals surface area contributed by atoms with Gasteiger partial charge < -0.3 is 14.6 Å². The van der Waals surface area contributed by atoms with Crippen molar-refractivity contribution < 1.29 is 14.6 Å². The van der Waals surface area contributed by atoms with Crippen molar-refractivity contribution in [2.45, 2.75) is 44.8 Å². The van der Waals surface area contributed by atoms with E-state index in [-0.39, 0.29) is 6.10 Å². The molecular weight excluding hydrogens is 192 g/mol. The summed E-state index contributed by atoms with van der Waals surface area (Å²) >= 11 is 0. The van der Waals surface area contributed by atoms with Gasteiger partial charge in [0.15, 0.2) is 0 Å². The first-order chi connectivity index (χ1) is 7.29. The van der Waals surface area contributed by atoms with Crippen LogP contribution < -0.4 is 0 Å². The Balaban J connectivity index is 1.66. The molecule has 0 aromatic heterocycles. The van der Waals surface area contributed by atoms with Crippen molar-refractivity contribution in [3.63, 3.8) is 0 Å². The van der Waals surface area contributed by atoms with Gasteiger partial charge in [0.2, 0.25) is 0 Å². The average molecular weight is 212 g/mol. The van der Waals surface area contributed by atoms with Gasteiger partial charge in [0.1, 0.15) is 11.9 Å². The Labute approximate surface area is 91.1 Å². The second-order valence-electron chi connectivity index (χ2n) is 4.41. The largest absolute Gasteiger partial charge is 0.495 e. The first kappa shape index (κ1) is 11.0. The van der Waals surface area contributed by atoms with Gasteiger partial charge in [-0.05, 0) is 38.2 Å². The van der Waals surface area contributed by atoms with E-state index in [1.807, 2.05) is 13.0 Å². The summed E-state index contributed by atoms with van der Waals surface area (Å²) in [5.74, 6) is 1.40. The highest BCUT2D eigenvalue weighted by Gasteiger charge is 2.32. The maximum Gasteiger partial charge on any atom is 0.121 e. The lowest BCUT2D eigenvalue weighted by Gasteiger charge is -2.36. The number of rotatable bonds is 5. The quantitative estimate of drug-likeness (QED) is 0.756. The maximum absolute atomic E-state index is 9.87. The standard InChI is InChI=1S/C12H20O3/c1-2-14-10-6-9(7-10)8-11(13)12-4-3-5-15-12/h4,9-11,13H,2-3,5-8H2,1H3. The van der Waals surface area contributed by atoms with E-state index >= 15 is 0 Å². The molecule has 0 radical (unpaired) electrons. The van der Waals surface area contributed by atoms with E-state index in [1.54, 1.807) is 0 Å². The molecule has 0 bridgehead atoms. The van der Waals surface area contributed by atoms with Crippen LogP contribution in [-0.2, 0) is 9.47 Å². The first-order valence-corrected chi connectivity index (χ1v) is 5.92. The third-order valence-corrected chi connectivity index (χ3v) is 3.21. The van der Waals surface area contributed by atoms with Crippen LogP contribution in [0.5, 0.6) is 0 Å². The topological polar surface area (TPSA) is 38.7 Å². The van der Waals surface area contributed by atoms with Crippen LogP contribution in [-0.4, -0.2) is 30.5 Å². The molecule has 1 heterocycles. The van der Waals surface area contributed by atoms with Crippen molar-refractivity contribution in [2.75, 3.05) is 13.2 Å². The summed E-state index contributed by atoms with van der Waals surface area (Å²) in [6.45, 7) is 3.56. The summed E-state index contributed by atoms with van der Waals surface area (Å²) in [4.78, 5) is 0. The van der Waals surface area contributed by atoms with Crippen molar-refractivity contribution in [1.29, 1.82) is 0 Å². The van der Waals surface area contributed by atoms with Crippen molar-refractivity contribution in [1.82, 2.24) is 0 Å². The normalized spacial score (nSPS) is 31.7. The molecule has 1 aliphatic carbocycles. The third-order valence-electron chi connectivity index (χ3n) is 3.21. The second-order valence-corrected chi connectivity index (χ2v) is 4.41. The highest BCUT2D eigenvalue weighted by Crippen LogP contribution is 2.35. The molecule has 0 aromatic carbocycles. The zero-order valence-corrected chi connectivity index (χ0v) is 9.32. The van der Waals surface area contributed by atoms with Crippen molar-refractivity contribution >= 4 is 0 Å². The van der Waals surface area contributed by atoms with E-state index in [0.29, 0.717) is 12.0 Å². The predicted molar refractivity (Wildman–Crippen MR) is 57.4 cm³/mol. The minimum atomic E-state index is -0.389. The summed E-state index contributed by atoms with van der Waals surface area (Å²) in [7, 11) is 0. The van der Waals surface area contributed by atoms with Gasteiger partial charge in [-0.1, -0.05) is 0 Å². The number of ether oxygens (including phenoxy) is 2. The fraction of sp³-hybridized carbons (Fsp3) is 0.833. The molecule has 0 aromatic rings. The summed E-state index contributed by atoms with van der Waals surface area (Å²) in [6, 6.07) is 0. The minimum absolute atomic E-state index is 0.389. The second kappa shape index (κ2) is 4.99. The lowest BCUT2D eigenvalue weighted by atomic mass is 9.78. The molecule has 2 aliphatic rings. The molecule has 1 saturated carbocycles. The van der Waals surface area contributed by atoms with Gasteiger partial charge in [-0.15, -0.1) is 0 Å². The summed E-state index contributed by atoms with van der Waals surface area (Å²) < 4.78 is 10.8. The molecule has 1 atom stereocenters. The Morgan fingerprint density at radius 1 is 1.60 bits per heavy atom. The molecular formula is C12H20O3. The third kappa shape index (κ3) is 2.73. The number of hydrogen-bond acceptors (Lipinski definition) is 3. The lowest BCUT2D eigenvalue weighted by molar-refractivity contribution is -0.0384. The molecule has 1 unspecified atom stereocenters. The molecule has 2 rings (SSSR count). The van der Waals surface area contributed by atoms with E-state index in [1.165, 1.54) is 0 Å². The summed E-state index contributed by atoms with van der Waals surface area (Å²) in [5.41, 5.74) is 0. The van der Waals surface area contributed by atoms with Gasteiger partial charge in [-0.25, -0.2) is 0 Å². The van der Waals surface area contributed by atoms with E-state index in [4.69, 9.17) is 9.47 Å². The molecule has 86 valence electrons. The van der Waals surface area contributed by atoms with Gasteiger partial charge in [0, 0.05) is 13.0 Å². The Hall–Kier alpha value is -0.540. The molecule has 3 nitrogen and oxygen atoms in total. The van der Waals surface area contributed by atoms with Crippen LogP contribution >= 0.6 is 0 Å². The highest BCUT2D eigenvalue weighted by atomic mass is 16.5. The van der Waals surface area contributed by atoms with Crippen LogP contribution in [0.3, 0.4) is 0 Å². The van der Waals surface area contributed by atoms with Crippen LogP contribution in [0.4, 0.5) is 0 Å². The maximum atomic E-state index is 9.87. The van der Waals surface area contributed by atoms with E-state index < -0.39 is 0 Å². The highest BCUT2D eigenvalue weighted by molar-refractivity contribution is 5.04. The van der Waals surface area contributed by atoms with Crippen LogP contribution in [0.15, 0.2) is 11.8 Å². The zero-order chi connectivity index (χ0) is 10.7. The van der Waals surface area contributed by atoms with Crippen molar-refractivity contribution in [3.8, 4) is 0 Å². The molecule has 3 heteroatoms. The zero-order valence-electron chi connectivity index (χ0n) is 9.32. The molecule has 0 spiro atoms. The Morgan fingerprint density at radius 2 is 2.40 bits per heavy atom. The number of aliphatic hydroxyl groups is 1. The van der Waals surface area contributed by atoms with Gasteiger partial charge in [0.25, 0.3) is 0 Å². The molecule has 1 fully saturated rings. The molecule has 15 heavy (non-hydrogen) atoms. The lowest BCUT2D eigenvalue weighted by Crippen LogP contribution is -2.34. The average Bonchev–Trinajstić information content (AvgIpc) is 2.67. The molecule has 1 aliphatic heterocycles. The SMILES string of the molecule is CCOC1CC(CC(O)C2=CCCO2)C1. The Bertz CT molecular complexity index is 231. The van der Waals surface area contributed by atoms with Crippen LogP contribution in [0.2, 0.25) is 0 Å². The molecule has 0 saturated heterocycles. The van der Waals surface area contributed by atoms with Crippen molar-refractivity contribution in [3.05, 3.63) is 11.8 Å². The van der Waals surface area contributed by atoms with E-state index in [0.717, 1.165) is 44.7 Å². The van der Waals surface area contributed by atoms with Gasteiger partial charge >= 0.3 is 0 Å². The summed E-state index contributed by atoms with van der Waals surface area (Å²) in [6.07, 6.45) is 6.01. The van der Waals surface area contributed by atoms with Gasteiger partial charge in [-0.2, -0.15) is 0 Å². The smallest absolute Gasteiger partial charge is 0.121 e. The molecule has 1 N–H and O–H groups in total.